The van der Waals surface area contributed by atoms with Crippen molar-refractivity contribution in [2.24, 2.45) is 5.73 Å². The Morgan fingerprint density at radius 1 is 1.24 bits per heavy atom. The third-order valence-corrected chi connectivity index (χ3v) is 5.53. The molecule has 7 heteroatoms. The number of halogens is 1. The fraction of sp³-hybridized carbons (Fsp3) is 0.444. The summed E-state index contributed by atoms with van der Waals surface area (Å²) in [5.41, 5.74) is 6.80. The lowest BCUT2D eigenvalue weighted by Crippen LogP contribution is -2.33. The van der Waals surface area contributed by atoms with Gasteiger partial charge in [-0.2, -0.15) is 0 Å². The van der Waals surface area contributed by atoms with Crippen LogP contribution in [0.5, 0.6) is 0 Å². The maximum atomic E-state index is 15.0. The summed E-state index contributed by atoms with van der Waals surface area (Å²) in [6.45, 7) is 0.582. The first-order valence-corrected chi connectivity index (χ1v) is 8.74. The number of H-pyrrole nitrogens is 1. The molecule has 3 N–H and O–H groups in total. The molecule has 0 spiro atoms. The van der Waals surface area contributed by atoms with Crippen LogP contribution >= 0.6 is 0 Å². The van der Waals surface area contributed by atoms with Crippen molar-refractivity contribution in [1.29, 1.82) is 0 Å². The minimum absolute atomic E-state index is 0.00393. The zero-order valence-electron chi connectivity index (χ0n) is 13.7. The van der Waals surface area contributed by atoms with Crippen LogP contribution in [-0.4, -0.2) is 28.2 Å². The monoisotopic (exact) mass is 342 g/mol. The van der Waals surface area contributed by atoms with Crippen molar-refractivity contribution in [2.75, 3.05) is 11.4 Å². The van der Waals surface area contributed by atoms with Gasteiger partial charge in [0.15, 0.2) is 0 Å². The zero-order valence-corrected chi connectivity index (χ0v) is 13.7. The van der Waals surface area contributed by atoms with Crippen molar-refractivity contribution >= 4 is 22.7 Å². The molecule has 6 nitrogen and oxygen atoms in total. The average Bonchev–Trinajstić information content (AvgIpc) is 3.34. The summed E-state index contributed by atoms with van der Waals surface area (Å²) in [6.07, 6.45) is 7.25. The van der Waals surface area contributed by atoms with Crippen LogP contribution in [0.2, 0.25) is 0 Å². The summed E-state index contributed by atoms with van der Waals surface area (Å²) in [6, 6.07) is 1.51. The second kappa shape index (κ2) is 5.05. The van der Waals surface area contributed by atoms with Gasteiger partial charge in [0.2, 0.25) is 0 Å². The van der Waals surface area contributed by atoms with Gasteiger partial charge < -0.3 is 10.6 Å². The first-order valence-electron chi connectivity index (χ1n) is 8.74. The van der Waals surface area contributed by atoms with E-state index >= 15 is 4.39 Å². The number of aromatic nitrogens is 2. The lowest BCUT2D eigenvalue weighted by Gasteiger charge is -2.27. The Balaban J connectivity index is 1.91. The molecule has 2 fully saturated rings. The zero-order chi connectivity index (χ0) is 17.3. The molecular formula is C18H19FN4O2. The van der Waals surface area contributed by atoms with Crippen LogP contribution in [0, 0.1) is 5.82 Å². The quantitative estimate of drug-likeness (QED) is 0.822. The van der Waals surface area contributed by atoms with Crippen molar-refractivity contribution in [3.8, 4) is 0 Å². The number of nitrogens with two attached hydrogens (primary N) is 1. The van der Waals surface area contributed by atoms with Crippen molar-refractivity contribution in [3.05, 3.63) is 44.4 Å². The number of hydrogen-bond acceptors (Lipinski definition) is 4. The Morgan fingerprint density at radius 3 is 2.80 bits per heavy atom. The number of anilines is 1. The Labute approximate surface area is 142 Å². The highest BCUT2D eigenvalue weighted by molar-refractivity contribution is 5.94. The number of hydrogen-bond donors (Lipinski definition) is 2. The van der Waals surface area contributed by atoms with Crippen LogP contribution in [0.25, 0.3) is 17.0 Å². The summed E-state index contributed by atoms with van der Waals surface area (Å²) < 4.78 is 16.7. The van der Waals surface area contributed by atoms with Crippen LogP contribution in [0.3, 0.4) is 0 Å². The van der Waals surface area contributed by atoms with E-state index < -0.39 is 17.1 Å². The van der Waals surface area contributed by atoms with Crippen molar-refractivity contribution < 1.29 is 4.39 Å². The van der Waals surface area contributed by atoms with Crippen LogP contribution in [0.1, 0.15) is 37.3 Å². The summed E-state index contributed by atoms with van der Waals surface area (Å²) in [5, 5.41) is 0.231. The molecule has 1 saturated heterocycles. The molecule has 1 aliphatic carbocycles. The molecule has 0 radical (unpaired) electrons. The Bertz CT molecular complexity index is 1030. The van der Waals surface area contributed by atoms with E-state index in [1.807, 2.05) is 17.1 Å². The van der Waals surface area contributed by atoms with E-state index in [0.29, 0.717) is 23.3 Å². The van der Waals surface area contributed by atoms with Gasteiger partial charge in [-0.3, -0.25) is 14.3 Å². The SMILES string of the molecule is NC1CC2CC=Cc3c(c(F)cc4c(=O)[nH]c(=O)n(C5CC5)c34)N2C1. The molecule has 2 unspecified atom stereocenters. The van der Waals surface area contributed by atoms with E-state index in [4.69, 9.17) is 5.73 Å². The third-order valence-electron chi connectivity index (χ3n) is 5.53. The second-order valence-electron chi connectivity index (χ2n) is 7.32. The van der Waals surface area contributed by atoms with Crippen molar-refractivity contribution in [3.63, 3.8) is 0 Å². The molecule has 0 bridgehead atoms. The highest BCUT2D eigenvalue weighted by Gasteiger charge is 2.36. The summed E-state index contributed by atoms with van der Waals surface area (Å²) in [5.74, 6) is -0.431. The normalized spacial score (nSPS) is 25.1. The van der Waals surface area contributed by atoms with Gasteiger partial charge in [0.1, 0.15) is 5.82 Å². The van der Waals surface area contributed by atoms with E-state index in [1.54, 1.807) is 4.57 Å². The Hall–Kier alpha value is -2.41. The van der Waals surface area contributed by atoms with Crippen LogP contribution in [-0.2, 0) is 0 Å². The van der Waals surface area contributed by atoms with Gasteiger partial charge in [0.25, 0.3) is 5.56 Å². The molecule has 0 amide bonds. The van der Waals surface area contributed by atoms with Crippen LogP contribution in [0.15, 0.2) is 21.7 Å². The summed E-state index contributed by atoms with van der Waals surface area (Å²) >= 11 is 0. The van der Waals surface area contributed by atoms with Crippen LogP contribution in [0.4, 0.5) is 10.1 Å². The number of fused-ring (bicyclic) bond motifs is 5. The first kappa shape index (κ1) is 14.9. The van der Waals surface area contributed by atoms with Gasteiger partial charge in [0.05, 0.1) is 16.6 Å². The van der Waals surface area contributed by atoms with Gasteiger partial charge in [-0.15, -0.1) is 0 Å². The van der Waals surface area contributed by atoms with Gasteiger partial charge in [-0.05, 0) is 31.7 Å². The molecular weight excluding hydrogens is 323 g/mol. The van der Waals surface area contributed by atoms with E-state index in [9.17, 15) is 9.59 Å². The van der Waals surface area contributed by atoms with E-state index in [-0.39, 0.29) is 23.5 Å². The minimum Gasteiger partial charge on any atom is -0.364 e. The molecule has 130 valence electrons. The Kier molecular flexibility index (Phi) is 3.01. The molecule has 2 atom stereocenters. The molecule has 1 saturated carbocycles. The third kappa shape index (κ3) is 2.12. The van der Waals surface area contributed by atoms with E-state index in [1.165, 1.54) is 6.07 Å². The number of nitrogens with zero attached hydrogens (tertiary/aromatic N) is 2. The molecule has 3 aliphatic rings. The lowest BCUT2D eigenvalue weighted by atomic mass is 10.1. The van der Waals surface area contributed by atoms with Crippen molar-refractivity contribution in [1.82, 2.24) is 9.55 Å². The fourth-order valence-electron chi connectivity index (χ4n) is 4.33. The molecule has 3 heterocycles. The van der Waals surface area contributed by atoms with Crippen LogP contribution < -0.4 is 21.9 Å². The number of nitrogens with one attached hydrogen (secondary N) is 1. The van der Waals surface area contributed by atoms with E-state index in [2.05, 4.69) is 4.98 Å². The predicted molar refractivity (Wildman–Crippen MR) is 94.4 cm³/mol. The smallest absolute Gasteiger partial charge is 0.329 e. The number of aromatic amines is 1. The maximum Gasteiger partial charge on any atom is 0.329 e. The fourth-order valence-corrected chi connectivity index (χ4v) is 4.33. The molecule has 25 heavy (non-hydrogen) atoms. The largest absolute Gasteiger partial charge is 0.364 e. The topological polar surface area (TPSA) is 84.1 Å². The highest BCUT2D eigenvalue weighted by atomic mass is 19.1. The van der Waals surface area contributed by atoms with Gasteiger partial charge in [-0.1, -0.05) is 12.2 Å². The first-order chi connectivity index (χ1) is 12.0. The minimum atomic E-state index is -0.536. The van der Waals surface area contributed by atoms with Gasteiger partial charge in [0, 0.05) is 30.2 Å². The van der Waals surface area contributed by atoms with Gasteiger partial charge in [-0.25, -0.2) is 9.18 Å². The second-order valence-corrected chi connectivity index (χ2v) is 7.32. The summed E-state index contributed by atoms with van der Waals surface area (Å²) in [7, 11) is 0. The molecule has 1 aromatic heterocycles. The summed E-state index contributed by atoms with van der Waals surface area (Å²) in [4.78, 5) is 29.1. The molecule has 2 aliphatic heterocycles. The average molecular weight is 342 g/mol. The number of benzene rings is 1. The lowest BCUT2D eigenvalue weighted by molar-refractivity contribution is 0.606. The maximum absolute atomic E-state index is 15.0. The molecule has 2 aromatic rings. The van der Waals surface area contributed by atoms with E-state index in [0.717, 1.165) is 25.7 Å². The van der Waals surface area contributed by atoms with Crippen molar-refractivity contribution in [2.45, 2.75) is 43.8 Å². The molecule has 1 aromatic carbocycles. The predicted octanol–water partition coefficient (Wildman–Crippen LogP) is 1.49. The standard InChI is InChI=1S/C18H19FN4O2/c19-14-7-13-15(23(10-4-5-10)18(25)21-17(13)24)12-3-1-2-11-6-9(20)8-22(11)16(12)14/h1,3,7,9-11H,2,4-6,8,20H2,(H,21,24,25). The Morgan fingerprint density at radius 2 is 2.04 bits per heavy atom. The number of rotatable bonds is 1. The van der Waals surface area contributed by atoms with Gasteiger partial charge >= 0.3 is 5.69 Å². The molecule has 5 rings (SSSR count). The highest BCUT2D eigenvalue weighted by Crippen LogP contribution is 2.42.